The summed E-state index contributed by atoms with van der Waals surface area (Å²) in [6.07, 6.45) is -0.590. The summed E-state index contributed by atoms with van der Waals surface area (Å²) in [7, 11) is 0. The summed E-state index contributed by atoms with van der Waals surface area (Å²) in [5, 5.41) is 0. The lowest BCUT2D eigenvalue weighted by Gasteiger charge is -2.16. The standard InChI is InChI=1S/C18H17NO3/c1-13(20)22-17(15-10-6-3-7-11-15)18-19-16(12-21-18)14-8-4-2-5-9-14/h2-11,16-17H,12H2,1H3/t16-,17-/m0/s1. The maximum atomic E-state index is 11.4. The zero-order chi connectivity index (χ0) is 15.4. The molecule has 0 unspecified atom stereocenters. The van der Waals surface area contributed by atoms with Gasteiger partial charge in [-0.25, -0.2) is 4.99 Å². The van der Waals surface area contributed by atoms with Crippen molar-refractivity contribution in [2.24, 2.45) is 4.99 Å². The monoisotopic (exact) mass is 295 g/mol. The molecule has 0 aliphatic carbocycles. The largest absolute Gasteiger partial charge is 0.475 e. The van der Waals surface area contributed by atoms with Crippen molar-refractivity contribution in [3.05, 3.63) is 71.8 Å². The van der Waals surface area contributed by atoms with Crippen LogP contribution >= 0.6 is 0 Å². The van der Waals surface area contributed by atoms with Crippen LogP contribution in [0.4, 0.5) is 0 Å². The number of carbonyl (C=O) groups excluding carboxylic acids is 1. The molecule has 0 bridgehead atoms. The molecule has 0 fully saturated rings. The number of rotatable bonds is 4. The average Bonchev–Trinajstić information content (AvgIpc) is 3.04. The van der Waals surface area contributed by atoms with E-state index < -0.39 is 6.10 Å². The van der Waals surface area contributed by atoms with E-state index in [4.69, 9.17) is 9.47 Å². The summed E-state index contributed by atoms with van der Waals surface area (Å²) in [4.78, 5) is 16.0. The molecule has 2 aromatic carbocycles. The van der Waals surface area contributed by atoms with Crippen LogP contribution in [-0.2, 0) is 14.3 Å². The summed E-state index contributed by atoms with van der Waals surface area (Å²) in [6.45, 7) is 1.85. The van der Waals surface area contributed by atoms with Gasteiger partial charge in [-0.1, -0.05) is 60.7 Å². The normalized spacial score (nSPS) is 18.2. The Morgan fingerprint density at radius 1 is 1.14 bits per heavy atom. The lowest BCUT2D eigenvalue weighted by Crippen LogP contribution is -2.18. The number of benzene rings is 2. The number of carbonyl (C=O) groups is 1. The molecule has 0 saturated carbocycles. The Morgan fingerprint density at radius 2 is 1.77 bits per heavy atom. The second-order valence-corrected chi connectivity index (χ2v) is 5.10. The zero-order valence-electron chi connectivity index (χ0n) is 12.3. The van der Waals surface area contributed by atoms with Crippen molar-refractivity contribution >= 4 is 11.9 Å². The molecular weight excluding hydrogens is 278 g/mol. The van der Waals surface area contributed by atoms with Gasteiger partial charge in [-0.05, 0) is 5.56 Å². The van der Waals surface area contributed by atoms with Crippen LogP contribution in [0, 0.1) is 0 Å². The van der Waals surface area contributed by atoms with Crippen molar-refractivity contribution in [2.75, 3.05) is 6.61 Å². The highest BCUT2D eigenvalue weighted by Gasteiger charge is 2.30. The van der Waals surface area contributed by atoms with E-state index in [-0.39, 0.29) is 12.0 Å². The number of hydrogen-bond acceptors (Lipinski definition) is 4. The smallest absolute Gasteiger partial charge is 0.303 e. The lowest BCUT2D eigenvalue weighted by molar-refractivity contribution is -0.144. The molecule has 2 atom stereocenters. The molecule has 3 rings (SSSR count). The van der Waals surface area contributed by atoms with E-state index in [2.05, 4.69) is 4.99 Å². The first-order valence-electron chi connectivity index (χ1n) is 7.21. The van der Waals surface area contributed by atoms with E-state index in [1.165, 1.54) is 6.92 Å². The first kappa shape index (κ1) is 14.3. The molecule has 1 heterocycles. The van der Waals surface area contributed by atoms with Gasteiger partial charge >= 0.3 is 5.97 Å². The van der Waals surface area contributed by atoms with Crippen molar-refractivity contribution in [2.45, 2.75) is 19.1 Å². The number of ether oxygens (including phenoxy) is 2. The quantitative estimate of drug-likeness (QED) is 0.812. The van der Waals surface area contributed by atoms with Gasteiger partial charge in [0.05, 0.1) is 0 Å². The van der Waals surface area contributed by atoms with E-state index in [9.17, 15) is 4.79 Å². The van der Waals surface area contributed by atoms with Gasteiger partial charge in [0.25, 0.3) is 0 Å². The van der Waals surface area contributed by atoms with Gasteiger partial charge in [-0.15, -0.1) is 0 Å². The zero-order valence-corrected chi connectivity index (χ0v) is 12.3. The molecule has 0 aromatic heterocycles. The van der Waals surface area contributed by atoms with Crippen LogP contribution in [0.2, 0.25) is 0 Å². The van der Waals surface area contributed by atoms with Gasteiger partial charge in [-0.3, -0.25) is 4.79 Å². The van der Waals surface area contributed by atoms with Crippen molar-refractivity contribution in [1.82, 2.24) is 0 Å². The van der Waals surface area contributed by atoms with Gasteiger partial charge in [-0.2, -0.15) is 0 Å². The molecule has 2 aromatic rings. The van der Waals surface area contributed by atoms with E-state index in [1.807, 2.05) is 60.7 Å². The Bertz CT molecular complexity index is 667. The summed E-state index contributed by atoms with van der Waals surface area (Å²) in [6, 6.07) is 19.4. The van der Waals surface area contributed by atoms with Crippen LogP contribution in [0.1, 0.15) is 30.2 Å². The first-order chi connectivity index (χ1) is 10.7. The fraction of sp³-hybridized carbons (Fsp3) is 0.222. The van der Waals surface area contributed by atoms with Gasteiger partial charge in [0.2, 0.25) is 12.0 Å². The van der Waals surface area contributed by atoms with Crippen molar-refractivity contribution in [3.8, 4) is 0 Å². The number of aliphatic imine (C=N–C) groups is 1. The molecule has 1 aliphatic rings. The molecule has 22 heavy (non-hydrogen) atoms. The Morgan fingerprint density at radius 3 is 2.41 bits per heavy atom. The fourth-order valence-corrected chi connectivity index (χ4v) is 2.44. The Balaban J connectivity index is 1.87. The minimum Gasteiger partial charge on any atom is -0.475 e. The second kappa shape index (κ2) is 6.43. The Kier molecular flexibility index (Phi) is 4.19. The van der Waals surface area contributed by atoms with Gasteiger partial charge < -0.3 is 9.47 Å². The summed E-state index contributed by atoms with van der Waals surface area (Å²) >= 11 is 0. The SMILES string of the molecule is CC(=O)O[C@H](C1=N[C@H](c2ccccc2)CO1)c1ccccc1. The highest BCUT2D eigenvalue weighted by molar-refractivity contribution is 5.86. The summed E-state index contributed by atoms with van der Waals surface area (Å²) in [5.41, 5.74) is 1.94. The van der Waals surface area contributed by atoms with Crippen LogP contribution in [-0.4, -0.2) is 18.5 Å². The van der Waals surface area contributed by atoms with Crippen LogP contribution in [0.15, 0.2) is 65.7 Å². The predicted molar refractivity (Wildman–Crippen MR) is 83.5 cm³/mol. The maximum absolute atomic E-state index is 11.4. The number of nitrogens with zero attached hydrogens (tertiary/aromatic N) is 1. The van der Waals surface area contributed by atoms with Crippen molar-refractivity contribution < 1.29 is 14.3 Å². The highest BCUT2D eigenvalue weighted by Crippen LogP contribution is 2.29. The molecular formula is C18H17NO3. The van der Waals surface area contributed by atoms with Crippen molar-refractivity contribution in [1.29, 1.82) is 0 Å². The van der Waals surface area contributed by atoms with E-state index in [0.717, 1.165) is 11.1 Å². The molecule has 0 radical (unpaired) electrons. The minimum atomic E-state index is -0.590. The van der Waals surface area contributed by atoms with E-state index in [1.54, 1.807) is 0 Å². The molecule has 4 nitrogen and oxygen atoms in total. The van der Waals surface area contributed by atoms with Gasteiger partial charge in [0, 0.05) is 12.5 Å². The average molecular weight is 295 g/mol. The predicted octanol–water partition coefficient (Wildman–Crippen LogP) is 3.46. The number of hydrogen-bond donors (Lipinski definition) is 0. The Labute approximate surface area is 129 Å². The molecule has 0 spiro atoms. The molecule has 0 N–H and O–H groups in total. The third-order valence-electron chi connectivity index (χ3n) is 3.47. The van der Waals surface area contributed by atoms with Crippen LogP contribution in [0.3, 0.4) is 0 Å². The van der Waals surface area contributed by atoms with Crippen LogP contribution < -0.4 is 0 Å². The Hall–Kier alpha value is -2.62. The molecule has 1 aliphatic heterocycles. The first-order valence-corrected chi connectivity index (χ1v) is 7.21. The highest BCUT2D eigenvalue weighted by atomic mass is 16.6. The topological polar surface area (TPSA) is 47.9 Å². The maximum Gasteiger partial charge on any atom is 0.303 e. The fourth-order valence-electron chi connectivity index (χ4n) is 2.44. The molecule has 0 amide bonds. The minimum absolute atomic E-state index is 0.0574. The van der Waals surface area contributed by atoms with Crippen LogP contribution in [0.25, 0.3) is 0 Å². The summed E-state index contributed by atoms with van der Waals surface area (Å²) < 4.78 is 11.1. The van der Waals surface area contributed by atoms with E-state index >= 15 is 0 Å². The molecule has 112 valence electrons. The lowest BCUT2D eigenvalue weighted by atomic mass is 10.1. The third kappa shape index (κ3) is 3.17. The van der Waals surface area contributed by atoms with Gasteiger partial charge in [0.1, 0.15) is 12.6 Å². The van der Waals surface area contributed by atoms with E-state index in [0.29, 0.717) is 12.5 Å². The van der Waals surface area contributed by atoms with Gasteiger partial charge in [0.15, 0.2) is 0 Å². The number of esters is 1. The summed E-state index contributed by atoms with van der Waals surface area (Å²) in [5.74, 6) is 0.0959. The molecule has 0 saturated heterocycles. The second-order valence-electron chi connectivity index (χ2n) is 5.10. The van der Waals surface area contributed by atoms with Crippen molar-refractivity contribution in [3.63, 3.8) is 0 Å². The third-order valence-corrected chi connectivity index (χ3v) is 3.47. The molecule has 4 heteroatoms. The van der Waals surface area contributed by atoms with Crippen LogP contribution in [0.5, 0.6) is 0 Å².